The number of alkyl carbamates (subject to hydrolysis) is 1. The number of benzene rings is 1. The lowest BCUT2D eigenvalue weighted by molar-refractivity contribution is -0.144. The molecule has 0 aliphatic heterocycles. The van der Waals surface area contributed by atoms with Gasteiger partial charge in [0.15, 0.2) is 0 Å². The zero-order chi connectivity index (χ0) is 25.6. The second kappa shape index (κ2) is 11.7. The van der Waals surface area contributed by atoms with E-state index in [1.807, 2.05) is 52.0 Å². The van der Waals surface area contributed by atoms with Gasteiger partial charge >= 0.3 is 6.09 Å². The summed E-state index contributed by atoms with van der Waals surface area (Å²) < 4.78 is 5.41. The summed E-state index contributed by atoms with van der Waals surface area (Å²) >= 11 is 0. The van der Waals surface area contributed by atoms with E-state index >= 15 is 0 Å². The third kappa shape index (κ3) is 8.03. The molecule has 2 rings (SSSR count). The first-order valence-electron chi connectivity index (χ1n) is 12.5. The van der Waals surface area contributed by atoms with Crippen LogP contribution in [0.5, 0.6) is 0 Å². The van der Waals surface area contributed by atoms with Crippen LogP contribution in [-0.2, 0) is 14.3 Å². The molecule has 0 spiro atoms. The topological polar surface area (TPSA) is 87.7 Å². The molecule has 190 valence electrons. The number of carbonyl (C=O) groups excluding carboxylic acids is 3. The predicted molar refractivity (Wildman–Crippen MR) is 134 cm³/mol. The van der Waals surface area contributed by atoms with Crippen LogP contribution in [0.4, 0.5) is 4.79 Å². The maximum atomic E-state index is 14.0. The minimum absolute atomic E-state index is 0.00162. The highest BCUT2D eigenvalue weighted by Crippen LogP contribution is 2.36. The normalized spacial score (nSPS) is 16.4. The molecule has 1 fully saturated rings. The van der Waals surface area contributed by atoms with Crippen LogP contribution in [-0.4, -0.2) is 46.5 Å². The van der Waals surface area contributed by atoms with Gasteiger partial charge in [0.05, 0.1) is 0 Å². The molecule has 3 unspecified atom stereocenters. The zero-order valence-electron chi connectivity index (χ0n) is 22.1. The molecule has 1 aliphatic carbocycles. The first kappa shape index (κ1) is 27.7. The first-order valence-corrected chi connectivity index (χ1v) is 12.5. The minimum Gasteiger partial charge on any atom is -0.444 e. The van der Waals surface area contributed by atoms with Crippen LogP contribution < -0.4 is 10.6 Å². The molecule has 7 nitrogen and oxygen atoms in total. The van der Waals surface area contributed by atoms with Crippen molar-refractivity contribution in [3.63, 3.8) is 0 Å². The molecule has 34 heavy (non-hydrogen) atoms. The van der Waals surface area contributed by atoms with E-state index in [1.54, 1.807) is 25.7 Å². The molecule has 7 heteroatoms. The number of nitrogens with zero attached hydrogens (tertiary/aromatic N) is 1. The van der Waals surface area contributed by atoms with Gasteiger partial charge in [0.2, 0.25) is 11.8 Å². The molecule has 1 aromatic rings. The predicted octanol–water partition coefficient (Wildman–Crippen LogP) is 4.88. The average Bonchev–Trinajstić information content (AvgIpc) is 3.53. The van der Waals surface area contributed by atoms with E-state index in [1.165, 1.54) is 0 Å². The second-order valence-electron chi connectivity index (χ2n) is 10.9. The molecule has 0 bridgehead atoms. The van der Waals surface area contributed by atoms with Gasteiger partial charge in [-0.2, -0.15) is 0 Å². The summed E-state index contributed by atoms with van der Waals surface area (Å²) in [7, 11) is 0. The van der Waals surface area contributed by atoms with E-state index in [4.69, 9.17) is 4.74 Å². The molecule has 0 radical (unpaired) electrons. The number of nitrogens with one attached hydrogen (secondary N) is 2. The fourth-order valence-corrected chi connectivity index (χ4v) is 4.08. The maximum Gasteiger partial charge on any atom is 0.408 e. The van der Waals surface area contributed by atoms with Crippen molar-refractivity contribution < 1.29 is 19.1 Å². The summed E-state index contributed by atoms with van der Waals surface area (Å²) in [6.45, 7) is 15.2. The van der Waals surface area contributed by atoms with E-state index in [-0.39, 0.29) is 29.8 Å². The highest BCUT2D eigenvalue weighted by atomic mass is 16.6. The third-order valence-electron chi connectivity index (χ3n) is 5.79. The van der Waals surface area contributed by atoms with Gasteiger partial charge < -0.3 is 20.3 Å². The number of hydrogen-bond acceptors (Lipinski definition) is 4. The van der Waals surface area contributed by atoms with E-state index in [0.717, 1.165) is 36.8 Å². The van der Waals surface area contributed by atoms with Gasteiger partial charge in [-0.1, -0.05) is 57.0 Å². The van der Waals surface area contributed by atoms with Crippen molar-refractivity contribution in [2.45, 2.75) is 111 Å². The van der Waals surface area contributed by atoms with Crippen molar-refractivity contribution in [2.75, 3.05) is 0 Å². The first-order chi connectivity index (χ1) is 15.8. The Morgan fingerprint density at radius 2 is 1.76 bits per heavy atom. The zero-order valence-corrected chi connectivity index (χ0v) is 22.1. The monoisotopic (exact) mass is 473 g/mol. The largest absolute Gasteiger partial charge is 0.444 e. The highest BCUT2D eigenvalue weighted by molar-refractivity contribution is 5.92. The molecule has 0 aromatic heterocycles. The Morgan fingerprint density at radius 3 is 2.26 bits per heavy atom. The number of amides is 3. The Labute approximate surface area is 205 Å². The van der Waals surface area contributed by atoms with Crippen molar-refractivity contribution in [2.24, 2.45) is 5.92 Å². The summed E-state index contributed by atoms with van der Waals surface area (Å²) in [5, 5.41) is 5.88. The average molecular weight is 474 g/mol. The fourth-order valence-electron chi connectivity index (χ4n) is 4.08. The van der Waals surface area contributed by atoms with Crippen LogP contribution in [0.2, 0.25) is 0 Å². The molecule has 1 aliphatic rings. The SMILES string of the molecule is CCCC(C)NC(=O)C(c1cccc(C)c1)N(C(=O)C(NC(=O)OC(C)(C)C)C(C)C)C1CC1. The van der Waals surface area contributed by atoms with Crippen molar-refractivity contribution in [1.29, 1.82) is 0 Å². The molecule has 3 amide bonds. The fraction of sp³-hybridized carbons (Fsp3) is 0.667. The molecule has 1 saturated carbocycles. The standard InChI is InChI=1S/C27H43N3O4/c1-9-11-19(5)28-24(31)23(20-13-10-12-18(4)16-20)30(21-14-15-21)25(32)22(17(2)3)29-26(33)34-27(6,7)8/h10,12-13,16-17,19,21-23H,9,11,14-15H2,1-8H3,(H,28,31)(H,29,33). The van der Waals surface area contributed by atoms with Gasteiger partial charge in [-0.15, -0.1) is 0 Å². The number of carbonyl (C=O) groups is 3. The van der Waals surface area contributed by atoms with Crippen molar-refractivity contribution in [3.05, 3.63) is 35.4 Å². The summed E-state index contributed by atoms with van der Waals surface area (Å²) in [4.78, 5) is 41.8. The Bertz CT molecular complexity index is 858. The van der Waals surface area contributed by atoms with Crippen LogP contribution >= 0.6 is 0 Å². The maximum absolute atomic E-state index is 14.0. The third-order valence-corrected chi connectivity index (χ3v) is 5.79. The summed E-state index contributed by atoms with van der Waals surface area (Å²) in [5.74, 6) is -0.624. The Hall–Kier alpha value is -2.57. The number of aryl methyl sites for hydroxylation is 1. The Morgan fingerprint density at radius 1 is 1.12 bits per heavy atom. The van der Waals surface area contributed by atoms with E-state index in [9.17, 15) is 14.4 Å². The van der Waals surface area contributed by atoms with Gasteiger partial charge in [-0.3, -0.25) is 9.59 Å². The lowest BCUT2D eigenvalue weighted by atomic mass is 9.97. The van der Waals surface area contributed by atoms with E-state index in [0.29, 0.717) is 0 Å². The van der Waals surface area contributed by atoms with Gasteiger partial charge in [0, 0.05) is 12.1 Å². The molecule has 1 aromatic carbocycles. The van der Waals surface area contributed by atoms with Crippen LogP contribution in [0.3, 0.4) is 0 Å². The van der Waals surface area contributed by atoms with Gasteiger partial charge in [-0.25, -0.2) is 4.79 Å². The molecular weight excluding hydrogens is 430 g/mol. The Kier molecular flexibility index (Phi) is 9.54. The number of rotatable bonds is 10. The smallest absolute Gasteiger partial charge is 0.408 e. The van der Waals surface area contributed by atoms with Crippen molar-refractivity contribution >= 4 is 17.9 Å². The summed E-state index contributed by atoms with van der Waals surface area (Å²) in [6.07, 6.45) is 2.85. The Balaban J connectivity index is 2.42. The molecule has 3 atom stereocenters. The molecule has 0 heterocycles. The van der Waals surface area contributed by atoms with Crippen LogP contribution in [0.15, 0.2) is 24.3 Å². The van der Waals surface area contributed by atoms with Gasteiger partial charge in [0.1, 0.15) is 17.7 Å². The summed E-state index contributed by atoms with van der Waals surface area (Å²) in [5.41, 5.74) is 1.12. The van der Waals surface area contributed by atoms with Gasteiger partial charge in [0.25, 0.3) is 0 Å². The van der Waals surface area contributed by atoms with Crippen LogP contribution in [0, 0.1) is 12.8 Å². The van der Waals surface area contributed by atoms with E-state index in [2.05, 4.69) is 17.6 Å². The lowest BCUT2D eigenvalue weighted by Gasteiger charge is -2.36. The number of hydrogen-bond donors (Lipinski definition) is 2. The van der Waals surface area contributed by atoms with Crippen molar-refractivity contribution in [1.82, 2.24) is 15.5 Å². The molecule has 2 N–H and O–H groups in total. The molecule has 0 saturated heterocycles. The molecular formula is C27H43N3O4. The van der Waals surface area contributed by atoms with Crippen molar-refractivity contribution in [3.8, 4) is 0 Å². The number of ether oxygens (including phenoxy) is 1. The van der Waals surface area contributed by atoms with Crippen LogP contribution in [0.1, 0.15) is 91.3 Å². The minimum atomic E-state index is -0.802. The lowest BCUT2D eigenvalue weighted by Crippen LogP contribution is -2.56. The second-order valence-corrected chi connectivity index (χ2v) is 10.9. The summed E-state index contributed by atoms with van der Waals surface area (Å²) in [6, 6.07) is 6.15. The quantitative estimate of drug-likeness (QED) is 0.507. The van der Waals surface area contributed by atoms with Crippen LogP contribution in [0.25, 0.3) is 0 Å². The van der Waals surface area contributed by atoms with E-state index < -0.39 is 23.8 Å². The van der Waals surface area contributed by atoms with Gasteiger partial charge in [-0.05, 0) is 65.4 Å². The highest BCUT2D eigenvalue weighted by Gasteiger charge is 2.44.